The second kappa shape index (κ2) is 4.96. The molecule has 0 amide bonds. The lowest BCUT2D eigenvalue weighted by molar-refractivity contribution is -0.385. The number of anilines is 1. The number of nitrogens with zero attached hydrogens (tertiary/aromatic N) is 3. The third-order valence-electron chi connectivity index (χ3n) is 2.74. The maximum Gasteiger partial charge on any atom is 0.322 e. The number of pyridine rings is 1. The summed E-state index contributed by atoms with van der Waals surface area (Å²) in [6.45, 7) is 1.45. The van der Waals surface area contributed by atoms with Gasteiger partial charge < -0.3 is 15.3 Å². The van der Waals surface area contributed by atoms with Crippen LogP contribution in [0.1, 0.15) is 0 Å². The number of carboxylic acid groups (broad SMARTS) is 1. The summed E-state index contributed by atoms with van der Waals surface area (Å²) in [5.74, 6) is -0.366. The van der Waals surface area contributed by atoms with Crippen molar-refractivity contribution < 1.29 is 14.8 Å². The van der Waals surface area contributed by atoms with Crippen LogP contribution in [0.5, 0.6) is 0 Å². The molecule has 18 heavy (non-hydrogen) atoms. The molecule has 96 valence electrons. The maximum atomic E-state index is 10.9. The minimum atomic E-state index is -0.915. The molecule has 1 saturated heterocycles. The molecule has 1 atom stereocenters. The van der Waals surface area contributed by atoms with Crippen LogP contribution in [0.15, 0.2) is 18.3 Å². The standard InChI is InChI=1S/C10H12N4O4/c15-10(16)8-6-13(4-3-11-8)9-2-1-7(5-12-9)14(17)18/h1-2,5,8,11H,3-4,6H2,(H,15,16)/t8-/m1/s1. The molecule has 2 heterocycles. The Morgan fingerprint density at radius 3 is 2.94 bits per heavy atom. The van der Waals surface area contributed by atoms with Crippen molar-refractivity contribution in [2.24, 2.45) is 0 Å². The van der Waals surface area contributed by atoms with E-state index in [1.807, 2.05) is 0 Å². The van der Waals surface area contributed by atoms with Crippen LogP contribution in [0.4, 0.5) is 11.5 Å². The van der Waals surface area contributed by atoms with E-state index in [4.69, 9.17) is 5.11 Å². The lowest BCUT2D eigenvalue weighted by atomic mass is 10.2. The largest absolute Gasteiger partial charge is 0.480 e. The zero-order chi connectivity index (χ0) is 13.1. The third kappa shape index (κ3) is 2.54. The van der Waals surface area contributed by atoms with E-state index in [2.05, 4.69) is 10.3 Å². The fourth-order valence-corrected chi connectivity index (χ4v) is 1.80. The quantitative estimate of drug-likeness (QED) is 0.568. The van der Waals surface area contributed by atoms with Gasteiger partial charge in [0, 0.05) is 25.7 Å². The van der Waals surface area contributed by atoms with Gasteiger partial charge in [-0.3, -0.25) is 14.9 Å². The van der Waals surface area contributed by atoms with Crippen LogP contribution in [0, 0.1) is 10.1 Å². The van der Waals surface area contributed by atoms with Crippen LogP contribution in [0.25, 0.3) is 0 Å². The first-order valence-corrected chi connectivity index (χ1v) is 5.39. The molecule has 8 nitrogen and oxygen atoms in total. The molecule has 1 aromatic heterocycles. The van der Waals surface area contributed by atoms with Gasteiger partial charge in [-0.25, -0.2) is 4.98 Å². The Kier molecular flexibility index (Phi) is 3.38. The van der Waals surface area contributed by atoms with E-state index < -0.39 is 16.9 Å². The van der Waals surface area contributed by atoms with Crippen molar-refractivity contribution in [3.05, 3.63) is 28.4 Å². The number of rotatable bonds is 3. The van der Waals surface area contributed by atoms with E-state index in [-0.39, 0.29) is 5.69 Å². The van der Waals surface area contributed by atoms with E-state index >= 15 is 0 Å². The fourth-order valence-electron chi connectivity index (χ4n) is 1.80. The topological polar surface area (TPSA) is 109 Å². The molecule has 0 bridgehead atoms. The smallest absolute Gasteiger partial charge is 0.322 e. The molecule has 1 aromatic rings. The summed E-state index contributed by atoms with van der Waals surface area (Å²) in [5, 5.41) is 22.3. The fraction of sp³-hybridized carbons (Fsp3) is 0.400. The number of aromatic nitrogens is 1. The minimum Gasteiger partial charge on any atom is -0.480 e. The molecular formula is C10H12N4O4. The highest BCUT2D eigenvalue weighted by Gasteiger charge is 2.25. The van der Waals surface area contributed by atoms with Gasteiger partial charge in [0.25, 0.3) is 5.69 Å². The second-order valence-corrected chi connectivity index (χ2v) is 3.92. The summed E-state index contributed by atoms with van der Waals surface area (Å²) in [4.78, 5) is 26.6. The molecule has 1 fully saturated rings. The summed E-state index contributed by atoms with van der Waals surface area (Å²) in [5.41, 5.74) is -0.0799. The molecule has 2 N–H and O–H groups in total. The number of nitro groups is 1. The van der Waals surface area contributed by atoms with Gasteiger partial charge >= 0.3 is 5.97 Å². The van der Waals surface area contributed by atoms with E-state index in [9.17, 15) is 14.9 Å². The van der Waals surface area contributed by atoms with Crippen molar-refractivity contribution in [3.8, 4) is 0 Å². The van der Waals surface area contributed by atoms with Gasteiger partial charge in [0.2, 0.25) is 0 Å². The van der Waals surface area contributed by atoms with E-state index in [1.165, 1.54) is 18.3 Å². The summed E-state index contributed by atoms with van der Waals surface area (Å²) in [7, 11) is 0. The van der Waals surface area contributed by atoms with Crippen molar-refractivity contribution in [1.29, 1.82) is 0 Å². The first-order chi connectivity index (χ1) is 8.58. The third-order valence-corrected chi connectivity index (χ3v) is 2.74. The molecule has 1 aliphatic rings. The van der Waals surface area contributed by atoms with Crippen molar-refractivity contribution >= 4 is 17.5 Å². The zero-order valence-corrected chi connectivity index (χ0v) is 9.44. The molecule has 0 saturated carbocycles. The lowest BCUT2D eigenvalue weighted by Crippen LogP contribution is -2.54. The number of nitrogens with one attached hydrogen (secondary N) is 1. The summed E-state index contributed by atoms with van der Waals surface area (Å²) in [6.07, 6.45) is 1.17. The second-order valence-electron chi connectivity index (χ2n) is 3.92. The zero-order valence-electron chi connectivity index (χ0n) is 9.44. The van der Waals surface area contributed by atoms with Crippen LogP contribution in [0.2, 0.25) is 0 Å². The number of piperazine rings is 1. The molecule has 8 heteroatoms. The van der Waals surface area contributed by atoms with Gasteiger partial charge in [0.1, 0.15) is 18.1 Å². The maximum absolute atomic E-state index is 10.9. The van der Waals surface area contributed by atoms with Gasteiger partial charge in [0.05, 0.1) is 4.92 Å². The molecule has 0 spiro atoms. The number of hydrogen-bond acceptors (Lipinski definition) is 6. The molecule has 0 unspecified atom stereocenters. The molecule has 0 aromatic carbocycles. The van der Waals surface area contributed by atoms with Gasteiger partial charge in [-0.1, -0.05) is 0 Å². The summed E-state index contributed by atoms with van der Waals surface area (Å²) in [6, 6.07) is 2.25. The van der Waals surface area contributed by atoms with Gasteiger partial charge in [-0.2, -0.15) is 0 Å². The van der Waals surface area contributed by atoms with Crippen LogP contribution >= 0.6 is 0 Å². The Labute approximate surface area is 102 Å². The predicted molar refractivity (Wildman–Crippen MR) is 62.5 cm³/mol. The van der Waals surface area contributed by atoms with E-state index in [1.54, 1.807) is 4.90 Å². The summed E-state index contributed by atoms with van der Waals surface area (Å²) >= 11 is 0. The number of hydrogen-bond donors (Lipinski definition) is 2. The first-order valence-electron chi connectivity index (χ1n) is 5.39. The number of carboxylic acids is 1. The van der Waals surface area contributed by atoms with Crippen molar-refractivity contribution in [3.63, 3.8) is 0 Å². The highest BCUT2D eigenvalue weighted by atomic mass is 16.6. The SMILES string of the molecule is O=C(O)[C@H]1CN(c2ccc([N+](=O)[O-])cn2)CCN1. The lowest BCUT2D eigenvalue weighted by Gasteiger charge is -2.32. The Morgan fingerprint density at radius 1 is 1.61 bits per heavy atom. The van der Waals surface area contributed by atoms with Gasteiger partial charge in [-0.05, 0) is 6.07 Å². The van der Waals surface area contributed by atoms with Crippen LogP contribution in [-0.2, 0) is 4.79 Å². The molecule has 1 aliphatic heterocycles. The van der Waals surface area contributed by atoms with E-state index in [0.29, 0.717) is 25.5 Å². The molecule has 0 aliphatic carbocycles. The Bertz CT molecular complexity index is 461. The van der Waals surface area contributed by atoms with Crippen LogP contribution < -0.4 is 10.2 Å². The molecular weight excluding hydrogens is 240 g/mol. The summed E-state index contributed by atoms with van der Waals surface area (Å²) < 4.78 is 0. The van der Waals surface area contributed by atoms with E-state index in [0.717, 1.165) is 0 Å². The number of carbonyl (C=O) groups is 1. The van der Waals surface area contributed by atoms with Crippen LogP contribution in [-0.4, -0.2) is 46.7 Å². The Balaban J connectivity index is 2.11. The first kappa shape index (κ1) is 12.2. The molecule has 0 radical (unpaired) electrons. The number of aliphatic carboxylic acids is 1. The highest BCUT2D eigenvalue weighted by Crippen LogP contribution is 2.16. The van der Waals surface area contributed by atoms with Gasteiger partial charge in [0.15, 0.2) is 0 Å². The minimum absolute atomic E-state index is 0.0799. The van der Waals surface area contributed by atoms with Crippen molar-refractivity contribution in [1.82, 2.24) is 10.3 Å². The Morgan fingerprint density at radius 2 is 2.39 bits per heavy atom. The monoisotopic (exact) mass is 252 g/mol. The van der Waals surface area contributed by atoms with Crippen LogP contribution in [0.3, 0.4) is 0 Å². The predicted octanol–water partition coefficient (Wildman–Crippen LogP) is -0.147. The molecule has 2 rings (SSSR count). The normalized spacial score (nSPS) is 19.6. The Hall–Kier alpha value is -2.22. The average Bonchev–Trinajstić information content (AvgIpc) is 2.39. The average molecular weight is 252 g/mol. The van der Waals surface area contributed by atoms with Crippen molar-refractivity contribution in [2.45, 2.75) is 6.04 Å². The highest BCUT2D eigenvalue weighted by molar-refractivity contribution is 5.74. The van der Waals surface area contributed by atoms with Gasteiger partial charge in [-0.15, -0.1) is 0 Å². The van der Waals surface area contributed by atoms with Crippen molar-refractivity contribution in [2.75, 3.05) is 24.5 Å².